The first-order valence-corrected chi connectivity index (χ1v) is 7.01. The van der Waals surface area contributed by atoms with E-state index in [4.69, 9.17) is 0 Å². The Hall–Kier alpha value is -1.75. The number of aromatic nitrogens is 1. The molecule has 1 N–H and O–H groups in total. The SMILES string of the molecule is CC(Cc1ccc(F)cc1)C(=O)Nc1ccc(Br)nc1. The fourth-order valence-electron chi connectivity index (χ4n) is 1.78. The fourth-order valence-corrected chi connectivity index (χ4v) is 2.02. The number of carbonyl (C=O) groups excluding carboxylic acids is 1. The van der Waals surface area contributed by atoms with Gasteiger partial charge in [-0.2, -0.15) is 0 Å². The predicted molar refractivity (Wildman–Crippen MR) is 79.8 cm³/mol. The maximum atomic E-state index is 12.8. The Morgan fingerprint density at radius 1 is 1.30 bits per heavy atom. The summed E-state index contributed by atoms with van der Waals surface area (Å²) in [6.45, 7) is 1.84. The number of rotatable bonds is 4. The Labute approximate surface area is 125 Å². The van der Waals surface area contributed by atoms with E-state index in [1.807, 2.05) is 6.92 Å². The lowest BCUT2D eigenvalue weighted by atomic mass is 10.0. The van der Waals surface area contributed by atoms with Gasteiger partial charge in [0, 0.05) is 5.92 Å². The number of pyridine rings is 1. The normalized spacial score (nSPS) is 11.9. The van der Waals surface area contributed by atoms with Crippen molar-refractivity contribution in [1.29, 1.82) is 0 Å². The van der Waals surface area contributed by atoms with Crippen LogP contribution >= 0.6 is 15.9 Å². The van der Waals surface area contributed by atoms with Crippen molar-refractivity contribution < 1.29 is 9.18 Å². The number of nitrogens with one attached hydrogen (secondary N) is 1. The van der Waals surface area contributed by atoms with Crippen LogP contribution in [0, 0.1) is 11.7 Å². The van der Waals surface area contributed by atoms with Crippen molar-refractivity contribution in [3.05, 3.63) is 58.6 Å². The summed E-state index contributed by atoms with van der Waals surface area (Å²) in [5, 5.41) is 2.80. The van der Waals surface area contributed by atoms with Crippen LogP contribution in [-0.2, 0) is 11.2 Å². The molecule has 0 aliphatic rings. The van der Waals surface area contributed by atoms with Gasteiger partial charge in [-0.15, -0.1) is 0 Å². The van der Waals surface area contributed by atoms with E-state index in [0.29, 0.717) is 12.1 Å². The third kappa shape index (κ3) is 4.13. The second-order valence-electron chi connectivity index (χ2n) is 4.59. The van der Waals surface area contributed by atoms with Gasteiger partial charge in [0.25, 0.3) is 0 Å². The van der Waals surface area contributed by atoms with Crippen LogP contribution in [0.25, 0.3) is 0 Å². The number of hydrogen-bond acceptors (Lipinski definition) is 2. The van der Waals surface area contributed by atoms with Crippen molar-refractivity contribution in [3.8, 4) is 0 Å². The Morgan fingerprint density at radius 2 is 2.00 bits per heavy atom. The molecule has 1 aromatic heterocycles. The largest absolute Gasteiger partial charge is 0.324 e. The Bertz CT molecular complexity index is 584. The average Bonchev–Trinajstić information content (AvgIpc) is 2.44. The number of nitrogens with zero attached hydrogens (tertiary/aromatic N) is 1. The van der Waals surface area contributed by atoms with Crippen molar-refractivity contribution >= 4 is 27.5 Å². The summed E-state index contributed by atoms with van der Waals surface area (Å²) in [6.07, 6.45) is 2.16. The average molecular weight is 337 g/mol. The number of benzene rings is 1. The minimum absolute atomic E-state index is 0.0848. The molecule has 104 valence electrons. The fraction of sp³-hybridized carbons (Fsp3) is 0.200. The van der Waals surface area contributed by atoms with Crippen molar-refractivity contribution in [1.82, 2.24) is 4.98 Å². The summed E-state index contributed by atoms with van der Waals surface area (Å²) >= 11 is 3.24. The molecular weight excluding hydrogens is 323 g/mol. The number of hydrogen-bond donors (Lipinski definition) is 1. The summed E-state index contributed by atoms with van der Waals surface area (Å²) in [5.41, 5.74) is 1.59. The third-order valence-electron chi connectivity index (χ3n) is 2.90. The van der Waals surface area contributed by atoms with Crippen LogP contribution < -0.4 is 5.32 Å². The first kappa shape index (κ1) is 14.7. The molecule has 1 unspecified atom stereocenters. The highest BCUT2D eigenvalue weighted by atomic mass is 79.9. The van der Waals surface area contributed by atoms with E-state index in [-0.39, 0.29) is 17.6 Å². The third-order valence-corrected chi connectivity index (χ3v) is 3.37. The summed E-state index contributed by atoms with van der Waals surface area (Å²) in [5.74, 6) is -0.561. The van der Waals surface area contributed by atoms with Gasteiger partial charge < -0.3 is 5.32 Å². The lowest BCUT2D eigenvalue weighted by Crippen LogP contribution is -2.22. The molecule has 20 heavy (non-hydrogen) atoms. The minimum atomic E-state index is -0.271. The smallest absolute Gasteiger partial charge is 0.227 e. The van der Waals surface area contributed by atoms with E-state index in [9.17, 15) is 9.18 Å². The molecule has 0 bridgehead atoms. The standard InChI is InChI=1S/C15H14BrFN2O/c1-10(8-11-2-4-12(17)5-3-11)15(20)19-13-6-7-14(16)18-9-13/h2-7,9-10H,8H2,1H3,(H,19,20). The zero-order valence-electron chi connectivity index (χ0n) is 10.9. The van der Waals surface area contributed by atoms with E-state index in [0.717, 1.165) is 10.2 Å². The summed E-state index contributed by atoms with van der Waals surface area (Å²) in [6, 6.07) is 9.73. The van der Waals surface area contributed by atoms with E-state index in [2.05, 4.69) is 26.2 Å². The van der Waals surface area contributed by atoms with Crippen molar-refractivity contribution in [3.63, 3.8) is 0 Å². The maximum Gasteiger partial charge on any atom is 0.227 e. The van der Waals surface area contributed by atoms with Crippen LogP contribution in [0.4, 0.5) is 10.1 Å². The van der Waals surface area contributed by atoms with Crippen LogP contribution in [0.3, 0.4) is 0 Å². The van der Waals surface area contributed by atoms with Crippen LogP contribution in [0.5, 0.6) is 0 Å². The summed E-state index contributed by atoms with van der Waals surface area (Å²) < 4.78 is 13.5. The van der Waals surface area contributed by atoms with Crippen LogP contribution in [0.2, 0.25) is 0 Å². The molecule has 0 fully saturated rings. The molecule has 2 rings (SSSR count). The molecule has 0 aliphatic heterocycles. The Kier molecular flexibility index (Phi) is 4.84. The van der Waals surface area contributed by atoms with E-state index >= 15 is 0 Å². The van der Waals surface area contributed by atoms with Crippen molar-refractivity contribution in [2.45, 2.75) is 13.3 Å². The molecule has 5 heteroatoms. The Morgan fingerprint density at radius 3 is 2.60 bits per heavy atom. The number of amides is 1. The number of halogens is 2. The van der Waals surface area contributed by atoms with Gasteiger partial charge in [0.2, 0.25) is 5.91 Å². The van der Waals surface area contributed by atoms with Gasteiger partial charge >= 0.3 is 0 Å². The highest BCUT2D eigenvalue weighted by Crippen LogP contribution is 2.14. The first-order valence-electron chi connectivity index (χ1n) is 6.21. The molecular formula is C15H14BrFN2O. The Balaban J connectivity index is 1.94. The molecule has 0 radical (unpaired) electrons. The molecule has 1 heterocycles. The topological polar surface area (TPSA) is 42.0 Å². The highest BCUT2D eigenvalue weighted by Gasteiger charge is 2.14. The van der Waals surface area contributed by atoms with Gasteiger partial charge in [0.15, 0.2) is 0 Å². The lowest BCUT2D eigenvalue weighted by Gasteiger charge is -2.12. The monoisotopic (exact) mass is 336 g/mol. The molecule has 0 spiro atoms. The molecule has 0 aliphatic carbocycles. The first-order chi connectivity index (χ1) is 9.54. The molecule has 1 amide bonds. The molecule has 0 saturated carbocycles. The number of carbonyl (C=O) groups is 1. The molecule has 2 aromatic rings. The van der Waals surface area contributed by atoms with E-state index in [1.165, 1.54) is 12.1 Å². The van der Waals surface area contributed by atoms with Gasteiger partial charge in [-0.05, 0) is 52.2 Å². The van der Waals surface area contributed by atoms with Gasteiger partial charge in [0.1, 0.15) is 10.4 Å². The minimum Gasteiger partial charge on any atom is -0.324 e. The highest BCUT2D eigenvalue weighted by molar-refractivity contribution is 9.10. The number of anilines is 1. The van der Waals surface area contributed by atoms with E-state index in [1.54, 1.807) is 30.5 Å². The van der Waals surface area contributed by atoms with Crippen molar-refractivity contribution in [2.24, 2.45) is 5.92 Å². The van der Waals surface area contributed by atoms with Crippen LogP contribution in [0.15, 0.2) is 47.2 Å². The van der Waals surface area contributed by atoms with Gasteiger partial charge in [-0.1, -0.05) is 19.1 Å². The van der Waals surface area contributed by atoms with E-state index < -0.39 is 0 Å². The lowest BCUT2D eigenvalue weighted by molar-refractivity contribution is -0.119. The predicted octanol–water partition coefficient (Wildman–Crippen LogP) is 3.80. The van der Waals surface area contributed by atoms with Crippen molar-refractivity contribution in [2.75, 3.05) is 5.32 Å². The summed E-state index contributed by atoms with van der Waals surface area (Å²) in [7, 11) is 0. The molecule has 0 saturated heterocycles. The van der Waals surface area contributed by atoms with Crippen LogP contribution in [-0.4, -0.2) is 10.9 Å². The summed E-state index contributed by atoms with van der Waals surface area (Å²) in [4.78, 5) is 16.1. The van der Waals surface area contributed by atoms with Gasteiger partial charge in [0.05, 0.1) is 11.9 Å². The van der Waals surface area contributed by atoms with Crippen LogP contribution in [0.1, 0.15) is 12.5 Å². The molecule has 1 atom stereocenters. The molecule has 3 nitrogen and oxygen atoms in total. The second kappa shape index (κ2) is 6.61. The molecule has 1 aromatic carbocycles. The second-order valence-corrected chi connectivity index (χ2v) is 5.40. The quantitative estimate of drug-likeness (QED) is 0.863. The zero-order chi connectivity index (χ0) is 14.5. The van der Waals surface area contributed by atoms with Gasteiger partial charge in [-0.25, -0.2) is 9.37 Å². The van der Waals surface area contributed by atoms with Gasteiger partial charge in [-0.3, -0.25) is 4.79 Å². The maximum absolute atomic E-state index is 12.8. The zero-order valence-corrected chi connectivity index (χ0v) is 12.5.